The summed E-state index contributed by atoms with van der Waals surface area (Å²) in [6.07, 6.45) is 25.9. The maximum atomic E-state index is 14.8. The lowest BCUT2D eigenvalue weighted by Crippen LogP contribution is -2.71. The Balaban J connectivity index is 0.722. The number of amides is 2. The standard InChI is InChI=1S/C70H99N9O10S5/c1-10-13-14-21-24-48(87-65(85)58-52(93-67-72-50(40-92-67)45-31-35-77(8)36-32-45)41-91-64-57(63(84)79(58)64)73-62(83)56(75-86-12-3)61-74-66(71)94-76-61)25-22-19-17-15-16-18-20-23-26-54(81)89-60-44(5)70-33-29-43(4)69(7,59(70)51(80)30-34-70)53(39-68(60,6)11-2)88-55(82)42-90-49-37-46-27-28-47(38-49)78(46)9/h11,31-32,35-36,40,43-44,46-49,53,57,59-60,64H,2,10,12-30,33-34,37-39,41-42H2,1,3-9H3,(H2-,71,73,74,76,83)/p+1/b75-56+/t43?,44-,46?,47?,48?,49?,53+,57+,59?,60-,64+,68+,69-,70?/m1/s1. The van der Waals surface area contributed by atoms with Gasteiger partial charge in [-0.05, 0) is 109 Å². The SMILES string of the molecule is C=C[C@@]1(C)C[C@H](OC(=O)CSC2CC3CCC(C2)N3C)[C@@]2(C)C(C)CCC3(CCC(=O)C32)[C@H](C)[C@H]1OC(=O)CCCCCCCCCCC(CCCCCC)OC(=O)C1=C(Sc2nc(-c3cc[n+](C)cc3)cs2)CS[C@H]2[C@@H](NC(=O)/C(=N/OCC)c3nsc(N)n3)C(=O)N12. The Morgan fingerprint density at radius 2 is 1.62 bits per heavy atom. The van der Waals surface area contributed by atoms with Crippen LogP contribution in [0.15, 0.2) is 62.7 Å². The molecule has 7 heterocycles. The zero-order chi connectivity index (χ0) is 66.9. The van der Waals surface area contributed by atoms with E-state index >= 15 is 0 Å². The molecule has 3 aliphatic carbocycles. The fraction of sp³-hybridized carbons (Fsp3) is 0.700. The molecule has 10 rings (SSSR count). The third-order valence-corrected chi connectivity index (χ3v) is 27.4. The number of ketones is 1. The van der Waals surface area contributed by atoms with Crippen molar-refractivity contribution >= 4 is 105 Å². The molecule has 3 aromatic rings. The maximum absolute atomic E-state index is 14.8. The van der Waals surface area contributed by atoms with Crippen LogP contribution in [-0.4, -0.2) is 138 Å². The molecule has 3 N–H and O–H groups in total. The molecular formula is C70H100N9O10S5+. The summed E-state index contributed by atoms with van der Waals surface area (Å²) >= 11 is 6.93. The van der Waals surface area contributed by atoms with E-state index in [0.717, 1.165) is 130 Å². The van der Waals surface area contributed by atoms with Gasteiger partial charge >= 0.3 is 17.9 Å². The lowest BCUT2D eigenvalue weighted by atomic mass is 9.44. The molecule has 13 atom stereocenters. The summed E-state index contributed by atoms with van der Waals surface area (Å²) in [6.45, 7) is 17.2. The van der Waals surface area contributed by atoms with E-state index in [9.17, 15) is 28.8 Å². The van der Waals surface area contributed by atoms with Crippen molar-refractivity contribution in [2.45, 2.75) is 247 Å². The van der Waals surface area contributed by atoms with Gasteiger partial charge in [0.25, 0.3) is 11.8 Å². The minimum Gasteiger partial charge on any atom is -0.461 e. The molecule has 6 unspecified atom stereocenters. The number of aromatic nitrogens is 4. The topological polar surface area (TPSA) is 239 Å². The fourth-order valence-electron chi connectivity index (χ4n) is 16.5. The minimum absolute atomic E-state index is 0.0156. The van der Waals surface area contributed by atoms with E-state index < -0.39 is 52.2 Å². The Morgan fingerprint density at radius 3 is 2.29 bits per heavy atom. The number of nitrogens with two attached hydrogens (primary N) is 1. The highest BCUT2D eigenvalue weighted by Gasteiger charge is 2.69. The lowest BCUT2D eigenvalue weighted by molar-refractivity contribution is -0.671. The molecule has 3 saturated heterocycles. The number of carbonyl (C=O) groups is 6. The summed E-state index contributed by atoms with van der Waals surface area (Å²) in [5.74, 6) is -1.46. The van der Waals surface area contributed by atoms with Crippen molar-refractivity contribution in [3.8, 4) is 11.3 Å². The highest BCUT2D eigenvalue weighted by Crippen LogP contribution is 2.68. The highest BCUT2D eigenvalue weighted by atomic mass is 32.2. The molecule has 0 aromatic carbocycles. The maximum Gasteiger partial charge on any atom is 0.356 e. The third-order valence-electron chi connectivity index (χ3n) is 22.1. The second-order valence-corrected chi connectivity index (χ2v) is 33.4. The number of carbonyl (C=O) groups excluding carboxylic acids is 6. The van der Waals surface area contributed by atoms with Crippen LogP contribution in [0.3, 0.4) is 0 Å². The molecule has 24 heteroatoms. The number of nitrogens with one attached hydrogen (secondary N) is 1. The van der Waals surface area contributed by atoms with Crippen LogP contribution in [0.4, 0.5) is 5.13 Å². The zero-order valence-electron chi connectivity index (χ0n) is 56.4. The zero-order valence-corrected chi connectivity index (χ0v) is 60.5. The second kappa shape index (κ2) is 32.2. The first-order valence-corrected chi connectivity index (χ1v) is 39.2. The molecule has 0 spiro atoms. The number of hydrogen-bond acceptors (Lipinski definition) is 21. The first kappa shape index (κ1) is 71.9. The van der Waals surface area contributed by atoms with Crippen molar-refractivity contribution in [2.75, 3.05) is 30.9 Å². The number of nitrogen functional groups attached to an aromatic ring is 1. The van der Waals surface area contributed by atoms with Crippen molar-refractivity contribution in [1.29, 1.82) is 0 Å². The number of anilines is 1. The summed E-state index contributed by atoms with van der Waals surface area (Å²) in [5, 5.41) is 8.75. The molecule has 0 radical (unpaired) electrons. The van der Waals surface area contributed by atoms with Gasteiger partial charge in [-0.15, -0.1) is 41.4 Å². The van der Waals surface area contributed by atoms with E-state index in [4.69, 9.17) is 29.8 Å². The Labute approximate surface area is 577 Å². The van der Waals surface area contributed by atoms with Crippen LogP contribution in [0, 0.1) is 34.0 Å². The molecule has 4 bridgehead atoms. The number of β-lactam (4-membered cyclic amide) rings is 1. The average molecular weight is 1390 g/mol. The van der Waals surface area contributed by atoms with Gasteiger partial charge in [0.05, 0.1) is 11.4 Å². The van der Waals surface area contributed by atoms with E-state index in [1.165, 1.54) is 52.6 Å². The van der Waals surface area contributed by atoms with Gasteiger partial charge in [0.15, 0.2) is 21.9 Å². The number of ether oxygens (including phenoxy) is 3. The molecule has 94 heavy (non-hydrogen) atoms. The Bertz CT molecular complexity index is 3240. The molecule has 514 valence electrons. The fourth-order valence-corrected chi connectivity index (χ4v) is 21.5. The van der Waals surface area contributed by atoms with E-state index in [2.05, 4.69) is 73.0 Å². The van der Waals surface area contributed by atoms with Crippen molar-refractivity contribution in [2.24, 2.45) is 46.2 Å². The van der Waals surface area contributed by atoms with Gasteiger partial charge in [-0.3, -0.25) is 28.9 Å². The summed E-state index contributed by atoms with van der Waals surface area (Å²) in [7, 11) is 4.20. The lowest BCUT2D eigenvalue weighted by Gasteiger charge is -2.62. The Morgan fingerprint density at radius 1 is 0.926 bits per heavy atom. The average Bonchev–Trinajstić information content (AvgIpc) is 1.34. The number of fused-ring (bicyclic) bond motifs is 3. The van der Waals surface area contributed by atoms with E-state index in [1.807, 2.05) is 47.6 Å². The van der Waals surface area contributed by atoms with Crippen LogP contribution in [0.1, 0.15) is 201 Å². The van der Waals surface area contributed by atoms with Crippen molar-refractivity contribution < 1.29 is 52.4 Å². The predicted octanol–water partition coefficient (Wildman–Crippen LogP) is 12.8. The van der Waals surface area contributed by atoms with Crippen LogP contribution >= 0.6 is 58.2 Å². The first-order valence-electron chi connectivity index (χ1n) is 34.7. The molecule has 6 fully saturated rings. The quantitative estimate of drug-likeness (QED) is 0.00863. The molecule has 3 saturated carbocycles. The van der Waals surface area contributed by atoms with Crippen LogP contribution in [0.25, 0.3) is 11.3 Å². The number of esters is 3. The van der Waals surface area contributed by atoms with Crippen molar-refractivity contribution in [1.82, 2.24) is 29.5 Å². The summed E-state index contributed by atoms with van der Waals surface area (Å²) in [5.41, 5.74) is 5.96. The number of oxime groups is 1. The Kier molecular flexibility index (Phi) is 24.6. The molecule has 2 amide bonds. The highest BCUT2D eigenvalue weighted by molar-refractivity contribution is 8.07. The van der Waals surface area contributed by atoms with E-state index in [-0.39, 0.29) is 76.0 Å². The van der Waals surface area contributed by atoms with Crippen LogP contribution in [-0.2, 0) is 54.9 Å². The second-order valence-electron chi connectivity index (χ2n) is 28.0. The number of thioether (sulfide) groups is 3. The molecule has 7 aliphatic rings. The predicted molar refractivity (Wildman–Crippen MR) is 372 cm³/mol. The monoisotopic (exact) mass is 1390 g/mol. The number of pyridine rings is 1. The summed E-state index contributed by atoms with van der Waals surface area (Å²) in [4.78, 5) is 104. The van der Waals surface area contributed by atoms with E-state index in [0.29, 0.717) is 72.3 Å². The van der Waals surface area contributed by atoms with Gasteiger partial charge in [-0.2, -0.15) is 9.36 Å². The summed E-state index contributed by atoms with van der Waals surface area (Å²) < 4.78 is 26.7. The molecular weight excluding hydrogens is 1290 g/mol. The third kappa shape index (κ3) is 16.0. The number of unbranched alkanes of at least 4 members (excludes halogenated alkanes) is 10. The van der Waals surface area contributed by atoms with Gasteiger partial charge < -0.3 is 35.0 Å². The summed E-state index contributed by atoms with van der Waals surface area (Å²) in [6, 6.07) is 4.21. The molecule has 3 aromatic heterocycles. The van der Waals surface area contributed by atoms with Gasteiger partial charge in [0.2, 0.25) is 11.5 Å². The van der Waals surface area contributed by atoms with Gasteiger partial charge in [0.1, 0.15) is 54.9 Å². The van der Waals surface area contributed by atoms with Crippen LogP contribution in [0.2, 0.25) is 0 Å². The largest absolute Gasteiger partial charge is 0.461 e. The normalized spacial score (nSPS) is 30.2. The first-order chi connectivity index (χ1) is 45.2. The smallest absolute Gasteiger partial charge is 0.356 e. The number of nitrogens with zero attached hydrogens (tertiary/aromatic N) is 7. The Hall–Kier alpha value is -4.88. The van der Waals surface area contributed by atoms with Gasteiger partial charge in [-0.1, -0.05) is 115 Å². The number of hydrogen-bond donors (Lipinski definition) is 2. The van der Waals surface area contributed by atoms with Crippen molar-refractivity contribution in [3.63, 3.8) is 0 Å². The minimum atomic E-state index is -0.976. The van der Waals surface area contributed by atoms with Crippen molar-refractivity contribution in [3.05, 3.63) is 59.0 Å². The number of rotatable bonds is 32. The number of piperidine rings is 1. The van der Waals surface area contributed by atoms with E-state index in [1.54, 1.807) is 18.7 Å². The van der Waals surface area contributed by atoms with Gasteiger partial charge in [0, 0.05) is 98.1 Å². The number of thiazole rings is 1. The van der Waals surface area contributed by atoms with Crippen LogP contribution in [0.5, 0.6) is 0 Å². The number of Topliss-reactive ketones (excluding diaryl/α,β-unsaturated/α-hetero) is 1. The molecule has 19 nitrogen and oxygen atoms in total. The van der Waals surface area contributed by atoms with Crippen LogP contribution < -0.4 is 15.6 Å². The number of aryl methyl sites for hydroxylation is 1. The molecule has 4 aliphatic heterocycles. The van der Waals surface area contributed by atoms with Gasteiger partial charge in [-0.25, -0.2) is 14.3 Å².